The molecule has 0 saturated heterocycles. The molecule has 1 aliphatic rings. The summed E-state index contributed by atoms with van der Waals surface area (Å²) in [6.45, 7) is 3.99. The zero-order valence-corrected chi connectivity index (χ0v) is 12.7. The predicted molar refractivity (Wildman–Crippen MR) is 78.0 cm³/mol. The largest absolute Gasteiger partial charge is 0.481 e. The van der Waals surface area contributed by atoms with Gasteiger partial charge in [-0.2, -0.15) is 0 Å². The fourth-order valence-corrected chi connectivity index (χ4v) is 3.72. The van der Waals surface area contributed by atoms with Crippen molar-refractivity contribution in [2.45, 2.75) is 52.4 Å². The second-order valence-electron chi connectivity index (χ2n) is 5.39. The number of carboxylic acid groups (broad SMARTS) is 1. The molecule has 1 saturated carbocycles. The van der Waals surface area contributed by atoms with Gasteiger partial charge in [0.05, 0.1) is 11.1 Å². The lowest BCUT2D eigenvalue weighted by Gasteiger charge is -2.22. The van der Waals surface area contributed by atoms with Crippen LogP contribution in [0.25, 0.3) is 0 Å². The van der Waals surface area contributed by atoms with Crippen LogP contribution in [0.4, 0.5) is 5.13 Å². The molecule has 2 N–H and O–H groups in total. The van der Waals surface area contributed by atoms with Crippen molar-refractivity contribution < 1.29 is 14.7 Å². The Morgan fingerprint density at radius 2 is 2.05 bits per heavy atom. The van der Waals surface area contributed by atoms with Gasteiger partial charge in [0.2, 0.25) is 5.91 Å². The summed E-state index contributed by atoms with van der Waals surface area (Å²) in [5.41, 5.74) is 0.114. The summed E-state index contributed by atoms with van der Waals surface area (Å²) in [5, 5.41) is 12.7. The van der Waals surface area contributed by atoms with E-state index in [2.05, 4.69) is 10.3 Å². The van der Waals surface area contributed by atoms with Crippen LogP contribution in [0.3, 0.4) is 0 Å². The molecule has 1 amide bonds. The van der Waals surface area contributed by atoms with E-state index in [-0.39, 0.29) is 12.3 Å². The quantitative estimate of drug-likeness (QED) is 0.875. The van der Waals surface area contributed by atoms with Gasteiger partial charge >= 0.3 is 5.97 Å². The maximum absolute atomic E-state index is 12.1. The molecule has 0 aromatic carbocycles. The highest BCUT2D eigenvalue weighted by Gasteiger charge is 2.43. The summed E-state index contributed by atoms with van der Waals surface area (Å²) in [6, 6.07) is 0. The summed E-state index contributed by atoms with van der Waals surface area (Å²) >= 11 is 1.44. The van der Waals surface area contributed by atoms with Gasteiger partial charge in [0, 0.05) is 11.3 Å². The summed E-state index contributed by atoms with van der Waals surface area (Å²) in [6.07, 6.45) is 3.82. The van der Waals surface area contributed by atoms with Crippen LogP contribution in [-0.4, -0.2) is 22.0 Å². The Kier molecular flexibility index (Phi) is 4.42. The molecule has 1 heterocycles. The maximum Gasteiger partial charge on any atom is 0.310 e. The molecule has 0 unspecified atom stereocenters. The summed E-state index contributed by atoms with van der Waals surface area (Å²) in [5.74, 6) is -1.10. The number of carboxylic acids is 1. The number of nitrogens with zero attached hydrogens (tertiary/aromatic N) is 1. The topological polar surface area (TPSA) is 79.3 Å². The Balaban J connectivity index is 2.02. The normalized spacial score (nSPS) is 17.1. The summed E-state index contributed by atoms with van der Waals surface area (Å²) in [4.78, 5) is 28.9. The van der Waals surface area contributed by atoms with E-state index in [9.17, 15) is 14.7 Å². The van der Waals surface area contributed by atoms with Gasteiger partial charge in [-0.05, 0) is 26.2 Å². The second kappa shape index (κ2) is 5.91. The fraction of sp³-hybridized carbons (Fsp3) is 0.643. The lowest BCUT2D eigenvalue weighted by Crippen LogP contribution is -2.32. The first-order valence-electron chi connectivity index (χ1n) is 6.96. The number of aromatic nitrogens is 1. The van der Waals surface area contributed by atoms with Gasteiger partial charge in [-0.15, -0.1) is 11.3 Å². The average Bonchev–Trinajstić information content (AvgIpc) is 2.97. The van der Waals surface area contributed by atoms with Crippen LogP contribution in [0.1, 0.15) is 49.6 Å². The van der Waals surface area contributed by atoms with Gasteiger partial charge < -0.3 is 10.4 Å². The van der Waals surface area contributed by atoms with Crippen molar-refractivity contribution >= 4 is 28.3 Å². The van der Waals surface area contributed by atoms with E-state index in [0.717, 1.165) is 29.8 Å². The summed E-state index contributed by atoms with van der Waals surface area (Å²) in [7, 11) is 0. The predicted octanol–water partition coefficient (Wildman–Crippen LogP) is 2.99. The Hall–Kier alpha value is -1.43. The Morgan fingerprint density at radius 1 is 1.40 bits per heavy atom. The number of nitrogens with one attached hydrogen (secondary N) is 1. The van der Waals surface area contributed by atoms with Crippen LogP contribution in [0.2, 0.25) is 0 Å². The number of amides is 1. The monoisotopic (exact) mass is 296 g/mol. The van der Waals surface area contributed by atoms with Crippen molar-refractivity contribution in [3.8, 4) is 0 Å². The van der Waals surface area contributed by atoms with E-state index < -0.39 is 11.4 Å². The van der Waals surface area contributed by atoms with Gasteiger partial charge in [-0.25, -0.2) is 4.98 Å². The van der Waals surface area contributed by atoms with Gasteiger partial charge in [-0.3, -0.25) is 9.59 Å². The SMILES string of the molecule is CCc1nc(NC(=O)CC2(C(=O)O)CCCC2)sc1C. The number of aryl methyl sites for hydroxylation is 2. The van der Waals surface area contributed by atoms with E-state index in [1.165, 1.54) is 11.3 Å². The molecule has 20 heavy (non-hydrogen) atoms. The number of hydrogen-bond donors (Lipinski definition) is 2. The molecular weight excluding hydrogens is 276 g/mol. The minimum Gasteiger partial charge on any atom is -0.481 e. The molecule has 0 aliphatic heterocycles. The number of rotatable bonds is 5. The minimum atomic E-state index is -0.871. The smallest absolute Gasteiger partial charge is 0.310 e. The lowest BCUT2D eigenvalue weighted by atomic mass is 9.82. The van der Waals surface area contributed by atoms with Gasteiger partial charge in [0.15, 0.2) is 5.13 Å². The zero-order valence-electron chi connectivity index (χ0n) is 11.9. The third-order valence-electron chi connectivity index (χ3n) is 3.99. The first-order chi connectivity index (χ1) is 9.47. The van der Waals surface area contributed by atoms with Crippen LogP contribution in [0.15, 0.2) is 0 Å². The second-order valence-corrected chi connectivity index (χ2v) is 6.60. The third kappa shape index (κ3) is 3.00. The average molecular weight is 296 g/mol. The molecule has 1 aromatic rings. The maximum atomic E-state index is 12.1. The Bertz CT molecular complexity index is 518. The van der Waals surface area contributed by atoms with Crippen molar-refractivity contribution in [2.75, 3.05) is 5.32 Å². The van der Waals surface area contributed by atoms with Crippen LogP contribution in [0, 0.1) is 12.3 Å². The lowest BCUT2D eigenvalue weighted by molar-refractivity contribution is -0.150. The molecule has 1 fully saturated rings. The molecule has 2 rings (SSSR count). The van der Waals surface area contributed by atoms with Gasteiger partial charge in [0.1, 0.15) is 0 Å². The molecular formula is C14H20N2O3S. The van der Waals surface area contributed by atoms with E-state index in [0.29, 0.717) is 18.0 Å². The number of thiazole rings is 1. The van der Waals surface area contributed by atoms with Crippen molar-refractivity contribution in [1.29, 1.82) is 0 Å². The van der Waals surface area contributed by atoms with Crippen molar-refractivity contribution in [1.82, 2.24) is 4.98 Å². The molecule has 1 aliphatic carbocycles. The van der Waals surface area contributed by atoms with Crippen molar-refractivity contribution in [3.63, 3.8) is 0 Å². The van der Waals surface area contributed by atoms with E-state index in [1.807, 2.05) is 13.8 Å². The molecule has 1 aromatic heterocycles. The molecule has 0 radical (unpaired) electrons. The summed E-state index contributed by atoms with van der Waals surface area (Å²) < 4.78 is 0. The third-order valence-corrected chi connectivity index (χ3v) is 4.92. The molecule has 0 atom stereocenters. The van der Waals surface area contributed by atoms with E-state index >= 15 is 0 Å². The number of anilines is 1. The zero-order chi connectivity index (χ0) is 14.8. The minimum absolute atomic E-state index is 0.0441. The van der Waals surface area contributed by atoms with E-state index in [1.54, 1.807) is 0 Å². The Morgan fingerprint density at radius 3 is 2.55 bits per heavy atom. The number of aliphatic carboxylic acids is 1. The first kappa shape index (κ1) is 15.0. The Labute approximate surface area is 122 Å². The number of carbonyl (C=O) groups excluding carboxylic acids is 1. The van der Waals surface area contributed by atoms with Crippen LogP contribution in [-0.2, 0) is 16.0 Å². The number of hydrogen-bond acceptors (Lipinski definition) is 4. The van der Waals surface area contributed by atoms with Crippen molar-refractivity contribution in [3.05, 3.63) is 10.6 Å². The van der Waals surface area contributed by atoms with Crippen LogP contribution >= 0.6 is 11.3 Å². The van der Waals surface area contributed by atoms with Gasteiger partial charge in [-0.1, -0.05) is 19.8 Å². The standard InChI is InChI=1S/C14H20N2O3S/c1-3-10-9(2)20-13(15-10)16-11(17)8-14(12(18)19)6-4-5-7-14/h3-8H2,1-2H3,(H,18,19)(H,15,16,17). The van der Waals surface area contributed by atoms with Crippen LogP contribution in [0.5, 0.6) is 0 Å². The number of carbonyl (C=O) groups is 2. The van der Waals surface area contributed by atoms with Crippen LogP contribution < -0.4 is 5.32 Å². The molecule has 0 bridgehead atoms. The molecule has 110 valence electrons. The highest BCUT2D eigenvalue weighted by molar-refractivity contribution is 7.15. The molecule has 6 heteroatoms. The van der Waals surface area contributed by atoms with Crippen molar-refractivity contribution in [2.24, 2.45) is 5.41 Å². The molecule has 0 spiro atoms. The highest BCUT2D eigenvalue weighted by atomic mass is 32.1. The first-order valence-corrected chi connectivity index (χ1v) is 7.78. The van der Waals surface area contributed by atoms with E-state index in [4.69, 9.17) is 0 Å². The fourth-order valence-electron chi connectivity index (χ4n) is 2.80. The van der Waals surface area contributed by atoms with Gasteiger partial charge in [0.25, 0.3) is 0 Å². The highest BCUT2D eigenvalue weighted by Crippen LogP contribution is 2.41. The molecule has 5 nitrogen and oxygen atoms in total.